The summed E-state index contributed by atoms with van der Waals surface area (Å²) in [7, 11) is 1.70. The summed E-state index contributed by atoms with van der Waals surface area (Å²) in [5, 5.41) is 11.8. The largest absolute Gasteiger partial charge is 0.444 e. The fourth-order valence-corrected chi connectivity index (χ4v) is 5.04. The predicted molar refractivity (Wildman–Crippen MR) is 179 cm³/mol. The van der Waals surface area contributed by atoms with E-state index in [1.54, 1.807) is 30.1 Å². The molecule has 0 bridgehead atoms. The number of ether oxygens (including phenoxy) is 1. The van der Waals surface area contributed by atoms with Gasteiger partial charge >= 0.3 is 12.1 Å². The van der Waals surface area contributed by atoms with Crippen LogP contribution in [0, 0.1) is 0 Å². The molecule has 0 aliphatic rings. The third-order valence-corrected chi connectivity index (χ3v) is 8.13. The number of halogens is 2. The van der Waals surface area contributed by atoms with E-state index >= 15 is 0 Å². The topological polar surface area (TPSA) is 126 Å². The first-order chi connectivity index (χ1) is 19.2. The summed E-state index contributed by atoms with van der Waals surface area (Å²) in [6, 6.07) is -1.08. The Kier molecular flexibility index (Phi) is 18.9. The summed E-state index contributed by atoms with van der Waals surface area (Å²) >= 11 is 7.27. The quantitative estimate of drug-likeness (QED) is 0.170. The van der Waals surface area contributed by atoms with Crippen LogP contribution in [0.1, 0.15) is 88.2 Å². The number of carbonyl (C=O) groups excluding carboxylic acids is 3. The fourth-order valence-electron chi connectivity index (χ4n) is 3.71. The molecule has 14 heteroatoms. The number of nitrogens with zero attached hydrogens (tertiary/aromatic N) is 3. The molecular formula is C26H42I2N6O4S2. The number of hydrogen-bond donors (Lipinski definition) is 3. The van der Waals surface area contributed by atoms with Crippen LogP contribution in [0.25, 0.3) is 0 Å². The molecule has 4 amide bonds. The van der Waals surface area contributed by atoms with Crippen molar-refractivity contribution >= 4 is 77.9 Å². The van der Waals surface area contributed by atoms with Crippen molar-refractivity contribution in [1.82, 2.24) is 30.8 Å². The third-order valence-electron chi connectivity index (χ3n) is 6.18. The van der Waals surface area contributed by atoms with Gasteiger partial charge in [-0.3, -0.25) is 9.78 Å². The van der Waals surface area contributed by atoms with Crippen LogP contribution in [0.3, 0.4) is 0 Å². The number of hydrogen-bond acceptors (Lipinski definition) is 8. The van der Waals surface area contributed by atoms with E-state index in [-0.39, 0.29) is 30.6 Å². The van der Waals surface area contributed by atoms with Crippen LogP contribution in [0.4, 0.5) is 9.59 Å². The first kappa shape index (κ1) is 36.8. The molecule has 226 valence electrons. The molecule has 0 aliphatic heterocycles. The summed E-state index contributed by atoms with van der Waals surface area (Å²) < 4.78 is 5.27. The molecule has 0 aromatic carbocycles. The van der Waals surface area contributed by atoms with Crippen LogP contribution in [-0.4, -0.2) is 58.1 Å². The molecule has 0 aliphatic carbocycles. The van der Waals surface area contributed by atoms with Gasteiger partial charge in [-0.2, -0.15) is 0 Å². The van der Waals surface area contributed by atoms with Gasteiger partial charge in [0.2, 0.25) is 5.91 Å². The van der Waals surface area contributed by atoms with E-state index in [0.717, 1.165) is 28.4 Å². The molecule has 2 aromatic rings. The van der Waals surface area contributed by atoms with Gasteiger partial charge < -0.3 is 25.6 Å². The van der Waals surface area contributed by atoms with Gasteiger partial charge in [-0.1, -0.05) is 34.6 Å². The summed E-state index contributed by atoms with van der Waals surface area (Å²) in [5.41, 5.74) is 2.54. The van der Waals surface area contributed by atoms with Crippen molar-refractivity contribution in [2.45, 2.75) is 104 Å². The maximum Gasteiger partial charge on any atom is 0.407 e. The number of nitrogens with one attached hydrogen (secondary N) is 3. The molecule has 2 aromatic heterocycles. The van der Waals surface area contributed by atoms with Crippen molar-refractivity contribution in [3.63, 3.8) is 0 Å². The molecule has 0 fully saturated rings. The molecule has 40 heavy (non-hydrogen) atoms. The molecule has 3 atom stereocenters. The minimum atomic E-state index is -0.637. The predicted octanol–water partition coefficient (Wildman–Crippen LogP) is 6.79. The van der Waals surface area contributed by atoms with Crippen molar-refractivity contribution < 1.29 is 19.1 Å². The van der Waals surface area contributed by atoms with Gasteiger partial charge in [0.15, 0.2) is 0 Å². The number of thiazole rings is 2. The molecule has 10 nitrogen and oxygen atoms in total. The lowest BCUT2D eigenvalue weighted by molar-refractivity contribution is -0.123. The lowest BCUT2D eigenvalue weighted by atomic mass is 10.0. The Labute approximate surface area is 269 Å². The Hall–Kier alpha value is -1.27. The van der Waals surface area contributed by atoms with E-state index in [1.165, 1.54) is 16.2 Å². The maximum absolute atomic E-state index is 13.0. The van der Waals surface area contributed by atoms with E-state index < -0.39 is 12.1 Å². The molecule has 0 radical (unpaired) electrons. The SMILES string of the molecule is CC[C@@H](CC[C@H](CC)NC(=O)[C@H](CC)NC(=O)N(C)Cc1csc(C(C)C)n1)NC(=O)OCc1cncs1.II. The minimum absolute atomic E-state index is 0.0628. The number of aromatic nitrogens is 2. The summed E-state index contributed by atoms with van der Waals surface area (Å²) in [6.07, 6.45) is 4.57. The Morgan fingerprint density at radius 1 is 1.00 bits per heavy atom. The molecule has 2 heterocycles. The number of rotatable bonds is 15. The Balaban J connectivity index is 0.00000391. The number of amides is 4. The second-order valence-electron chi connectivity index (χ2n) is 9.58. The average Bonchev–Trinajstić information content (AvgIpc) is 3.65. The lowest BCUT2D eigenvalue weighted by Crippen LogP contribution is -2.52. The molecule has 3 N–H and O–H groups in total. The average molecular weight is 821 g/mol. The highest BCUT2D eigenvalue weighted by Crippen LogP contribution is 2.20. The van der Waals surface area contributed by atoms with Crippen molar-refractivity contribution in [3.05, 3.63) is 32.7 Å². The molecule has 0 spiro atoms. The molecule has 0 unspecified atom stereocenters. The van der Waals surface area contributed by atoms with Crippen LogP contribution >= 0.6 is 59.9 Å². The summed E-state index contributed by atoms with van der Waals surface area (Å²) in [5.74, 6) is 0.140. The van der Waals surface area contributed by atoms with Gasteiger partial charge in [0.1, 0.15) is 12.6 Å². The highest BCUT2D eigenvalue weighted by atomic mass is 128. The van der Waals surface area contributed by atoms with Gasteiger partial charge in [0.05, 0.1) is 27.6 Å². The zero-order valence-corrected chi connectivity index (χ0v) is 30.0. The summed E-state index contributed by atoms with van der Waals surface area (Å²) in [4.78, 5) is 48.9. The highest BCUT2D eigenvalue weighted by molar-refractivity contribution is 15.0. The standard InChI is InChI=1S/C26H42N6O4S2.I2/c1-7-18(10-11-19(8-2)30-26(35)36-14-21-12-27-16-38-21)28-23(33)22(9-3)31-25(34)32(6)13-20-15-37-24(29-20)17(4)5;1-2/h12,15-19,22H,7-11,13-14H2,1-6H3,(H,28,33)(H,30,35)(H,31,34);/t18-,19-,22-;/m0./s1. The first-order valence-corrected chi connectivity index (χ1v) is 21.4. The third kappa shape index (κ3) is 13.6. The van der Waals surface area contributed by atoms with E-state index in [0.29, 0.717) is 31.7 Å². The lowest BCUT2D eigenvalue weighted by Gasteiger charge is -2.25. The van der Waals surface area contributed by atoms with Gasteiger partial charge in [-0.05, 0) is 32.1 Å². The zero-order chi connectivity index (χ0) is 30.1. The number of carbonyl (C=O) groups is 3. The Morgan fingerprint density at radius 2 is 1.65 bits per heavy atom. The minimum Gasteiger partial charge on any atom is -0.444 e. The first-order valence-electron chi connectivity index (χ1n) is 13.4. The highest BCUT2D eigenvalue weighted by Gasteiger charge is 2.24. The van der Waals surface area contributed by atoms with Crippen LogP contribution < -0.4 is 16.0 Å². The van der Waals surface area contributed by atoms with Gasteiger partial charge in [-0.15, -0.1) is 22.7 Å². The van der Waals surface area contributed by atoms with Crippen LogP contribution in [0.5, 0.6) is 0 Å². The van der Waals surface area contributed by atoms with Gasteiger partial charge in [0.25, 0.3) is 0 Å². The second-order valence-corrected chi connectivity index (χ2v) is 11.4. The van der Waals surface area contributed by atoms with E-state index in [2.05, 4.69) is 77.0 Å². The monoisotopic (exact) mass is 820 g/mol. The van der Waals surface area contributed by atoms with Crippen molar-refractivity contribution in [3.8, 4) is 0 Å². The number of urea groups is 1. The summed E-state index contributed by atoms with van der Waals surface area (Å²) in [6.45, 7) is 10.6. The maximum atomic E-state index is 13.0. The smallest absolute Gasteiger partial charge is 0.407 e. The van der Waals surface area contributed by atoms with Gasteiger partial charge in [0, 0.05) is 73.9 Å². The van der Waals surface area contributed by atoms with Crippen molar-refractivity contribution in [1.29, 1.82) is 0 Å². The van der Waals surface area contributed by atoms with Crippen LogP contribution in [0.2, 0.25) is 0 Å². The van der Waals surface area contributed by atoms with Crippen molar-refractivity contribution in [2.24, 2.45) is 0 Å². The Bertz CT molecular complexity index is 1010. The van der Waals surface area contributed by atoms with Crippen molar-refractivity contribution in [2.75, 3.05) is 7.05 Å². The van der Waals surface area contributed by atoms with Crippen LogP contribution in [0.15, 0.2) is 17.1 Å². The van der Waals surface area contributed by atoms with E-state index in [9.17, 15) is 14.4 Å². The molecule has 0 saturated heterocycles. The number of alkyl carbamates (subject to hydrolysis) is 1. The second kappa shape index (κ2) is 20.6. The molecule has 0 saturated carbocycles. The normalized spacial score (nSPS) is 12.9. The molecular weight excluding hydrogens is 778 g/mol. The van der Waals surface area contributed by atoms with Crippen LogP contribution in [-0.2, 0) is 22.7 Å². The zero-order valence-electron chi connectivity index (χ0n) is 24.0. The van der Waals surface area contributed by atoms with Gasteiger partial charge in [-0.25, -0.2) is 14.6 Å². The molecule has 2 rings (SSSR count). The van der Waals surface area contributed by atoms with E-state index in [1.807, 2.05) is 26.2 Å². The fraction of sp³-hybridized carbons (Fsp3) is 0.654. The Morgan fingerprint density at radius 3 is 2.17 bits per heavy atom. The van der Waals surface area contributed by atoms with E-state index in [4.69, 9.17) is 4.74 Å².